The van der Waals surface area contributed by atoms with Gasteiger partial charge in [0.1, 0.15) is 5.75 Å². The molecular weight excluding hydrogens is 453 g/mol. The molecular formula is C20H32IN5O. The number of para-hydroxylation sites is 1. The first-order valence-electron chi connectivity index (χ1n) is 9.13. The van der Waals surface area contributed by atoms with Crippen LogP contribution < -0.4 is 15.4 Å². The largest absolute Gasteiger partial charge is 0.496 e. The first kappa shape index (κ1) is 23.3. The zero-order chi connectivity index (χ0) is 18.9. The molecule has 0 aliphatic rings. The number of aromatic nitrogens is 2. The Morgan fingerprint density at radius 1 is 1.26 bits per heavy atom. The second-order valence-electron chi connectivity index (χ2n) is 6.53. The number of aryl methyl sites for hydroxylation is 3. The number of nitrogens with one attached hydrogen (secondary N) is 2. The van der Waals surface area contributed by atoms with Gasteiger partial charge in [0.25, 0.3) is 0 Å². The molecule has 0 aliphatic heterocycles. The number of benzene rings is 1. The van der Waals surface area contributed by atoms with Crippen molar-refractivity contribution in [3.05, 3.63) is 47.3 Å². The number of aliphatic imine (C=N–C) groups is 1. The summed E-state index contributed by atoms with van der Waals surface area (Å²) in [6, 6.07) is 10.2. The maximum absolute atomic E-state index is 5.45. The van der Waals surface area contributed by atoms with Crippen molar-refractivity contribution in [2.75, 3.05) is 27.2 Å². The van der Waals surface area contributed by atoms with E-state index in [1.807, 2.05) is 25.1 Å². The zero-order valence-corrected chi connectivity index (χ0v) is 19.3. The summed E-state index contributed by atoms with van der Waals surface area (Å²) < 4.78 is 7.50. The van der Waals surface area contributed by atoms with Crippen LogP contribution in [0.25, 0.3) is 0 Å². The van der Waals surface area contributed by atoms with Crippen molar-refractivity contribution in [3.63, 3.8) is 0 Å². The van der Waals surface area contributed by atoms with E-state index in [1.165, 1.54) is 11.3 Å². The van der Waals surface area contributed by atoms with E-state index in [9.17, 15) is 0 Å². The maximum atomic E-state index is 5.45. The summed E-state index contributed by atoms with van der Waals surface area (Å²) in [6.07, 6.45) is 0.991. The summed E-state index contributed by atoms with van der Waals surface area (Å²) in [4.78, 5) is 4.30. The van der Waals surface area contributed by atoms with Crippen LogP contribution in [-0.2, 0) is 6.54 Å². The molecule has 6 nitrogen and oxygen atoms in total. The topological polar surface area (TPSA) is 63.5 Å². The number of hydrogen-bond acceptors (Lipinski definition) is 3. The van der Waals surface area contributed by atoms with E-state index in [4.69, 9.17) is 4.74 Å². The summed E-state index contributed by atoms with van der Waals surface area (Å²) in [5.41, 5.74) is 3.47. The highest BCUT2D eigenvalue weighted by atomic mass is 127. The van der Waals surface area contributed by atoms with Crippen LogP contribution in [0, 0.1) is 13.8 Å². The number of nitrogens with zero attached hydrogens (tertiary/aromatic N) is 3. The lowest BCUT2D eigenvalue weighted by molar-refractivity contribution is 0.406. The van der Waals surface area contributed by atoms with Gasteiger partial charge in [0, 0.05) is 38.3 Å². The van der Waals surface area contributed by atoms with Crippen LogP contribution >= 0.6 is 24.0 Å². The molecule has 0 fully saturated rings. The molecule has 2 N–H and O–H groups in total. The number of methoxy groups -OCH3 is 1. The molecule has 0 radical (unpaired) electrons. The molecule has 0 amide bonds. The molecule has 0 aliphatic carbocycles. The third kappa shape index (κ3) is 7.04. The highest BCUT2D eigenvalue weighted by molar-refractivity contribution is 14.0. The van der Waals surface area contributed by atoms with Gasteiger partial charge in [0.15, 0.2) is 5.96 Å². The maximum Gasteiger partial charge on any atom is 0.190 e. The SMILES string of the molecule is CN=C(NCCCn1nc(C)cc1C)NCC(C)c1ccccc1OC.I. The third-order valence-electron chi connectivity index (χ3n) is 4.41. The van der Waals surface area contributed by atoms with Crippen molar-refractivity contribution in [1.29, 1.82) is 0 Å². The minimum Gasteiger partial charge on any atom is -0.496 e. The fraction of sp³-hybridized carbons (Fsp3) is 0.500. The number of rotatable bonds is 8. The smallest absolute Gasteiger partial charge is 0.190 e. The molecule has 27 heavy (non-hydrogen) atoms. The highest BCUT2D eigenvalue weighted by Crippen LogP contribution is 2.25. The molecule has 1 unspecified atom stereocenters. The molecule has 1 atom stereocenters. The molecule has 150 valence electrons. The molecule has 0 saturated heterocycles. The van der Waals surface area contributed by atoms with Crippen molar-refractivity contribution in [2.24, 2.45) is 4.99 Å². The van der Waals surface area contributed by atoms with Crippen LogP contribution in [0.15, 0.2) is 35.3 Å². The summed E-state index contributed by atoms with van der Waals surface area (Å²) >= 11 is 0. The minimum absolute atomic E-state index is 0. The Morgan fingerprint density at radius 3 is 2.63 bits per heavy atom. The van der Waals surface area contributed by atoms with E-state index >= 15 is 0 Å². The van der Waals surface area contributed by atoms with Crippen molar-refractivity contribution >= 4 is 29.9 Å². The van der Waals surface area contributed by atoms with Gasteiger partial charge in [-0.25, -0.2) is 0 Å². The van der Waals surface area contributed by atoms with E-state index in [-0.39, 0.29) is 24.0 Å². The lowest BCUT2D eigenvalue weighted by Gasteiger charge is -2.18. The fourth-order valence-electron chi connectivity index (χ4n) is 2.99. The van der Waals surface area contributed by atoms with Crippen LogP contribution in [0.3, 0.4) is 0 Å². The standard InChI is InChI=1S/C20H31N5O.HI/c1-15(18-9-6-7-10-19(18)26-5)14-23-20(21-4)22-11-8-12-25-17(3)13-16(2)24-25;/h6-7,9-10,13,15H,8,11-12,14H2,1-5H3,(H2,21,22,23);1H. The lowest BCUT2D eigenvalue weighted by Crippen LogP contribution is -2.39. The zero-order valence-electron chi connectivity index (χ0n) is 17.0. The molecule has 2 aromatic rings. The Kier molecular flexibility index (Phi) is 10.2. The van der Waals surface area contributed by atoms with E-state index in [0.717, 1.165) is 43.5 Å². The Hall–Kier alpha value is -1.77. The Balaban J connectivity index is 0.00000364. The van der Waals surface area contributed by atoms with Crippen molar-refractivity contribution in [3.8, 4) is 5.75 Å². The van der Waals surface area contributed by atoms with Crippen LogP contribution in [0.1, 0.15) is 36.2 Å². The molecule has 0 saturated carbocycles. The van der Waals surface area contributed by atoms with Crippen molar-refractivity contribution in [2.45, 2.75) is 39.7 Å². The van der Waals surface area contributed by atoms with Crippen LogP contribution in [0.5, 0.6) is 5.75 Å². The van der Waals surface area contributed by atoms with Crippen molar-refractivity contribution < 1.29 is 4.74 Å². The van der Waals surface area contributed by atoms with Gasteiger partial charge in [-0.15, -0.1) is 24.0 Å². The fourth-order valence-corrected chi connectivity index (χ4v) is 2.99. The number of ether oxygens (including phenoxy) is 1. The molecule has 2 rings (SSSR count). The predicted molar refractivity (Wildman–Crippen MR) is 123 cm³/mol. The van der Waals surface area contributed by atoms with Crippen LogP contribution in [0.4, 0.5) is 0 Å². The predicted octanol–water partition coefficient (Wildman–Crippen LogP) is 3.49. The molecule has 7 heteroatoms. The van der Waals surface area contributed by atoms with E-state index in [0.29, 0.717) is 5.92 Å². The van der Waals surface area contributed by atoms with Gasteiger partial charge in [-0.2, -0.15) is 5.10 Å². The van der Waals surface area contributed by atoms with Gasteiger partial charge in [-0.1, -0.05) is 25.1 Å². The van der Waals surface area contributed by atoms with Gasteiger partial charge in [-0.05, 0) is 38.0 Å². The van der Waals surface area contributed by atoms with E-state index < -0.39 is 0 Å². The average molecular weight is 485 g/mol. The van der Waals surface area contributed by atoms with Gasteiger partial charge < -0.3 is 15.4 Å². The van der Waals surface area contributed by atoms with Crippen molar-refractivity contribution in [1.82, 2.24) is 20.4 Å². The molecule has 0 spiro atoms. The summed E-state index contributed by atoms with van der Waals surface area (Å²) in [6.45, 7) is 8.84. The Labute approximate surface area is 179 Å². The Morgan fingerprint density at radius 2 is 2.00 bits per heavy atom. The number of guanidine groups is 1. The average Bonchev–Trinajstić information content (AvgIpc) is 2.98. The molecule has 0 bridgehead atoms. The first-order chi connectivity index (χ1) is 12.5. The lowest BCUT2D eigenvalue weighted by atomic mass is 10.0. The Bertz CT molecular complexity index is 729. The van der Waals surface area contributed by atoms with Gasteiger partial charge in [0.2, 0.25) is 0 Å². The molecule has 1 heterocycles. The first-order valence-corrected chi connectivity index (χ1v) is 9.13. The normalized spacial score (nSPS) is 12.3. The minimum atomic E-state index is 0. The highest BCUT2D eigenvalue weighted by Gasteiger charge is 2.11. The summed E-state index contributed by atoms with van der Waals surface area (Å²) in [7, 11) is 3.51. The van der Waals surface area contributed by atoms with Gasteiger partial charge >= 0.3 is 0 Å². The number of hydrogen-bond donors (Lipinski definition) is 2. The van der Waals surface area contributed by atoms with Crippen LogP contribution in [-0.4, -0.2) is 43.0 Å². The van der Waals surface area contributed by atoms with Crippen LogP contribution in [0.2, 0.25) is 0 Å². The van der Waals surface area contributed by atoms with Gasteiger partial charge in [0.05, 0.1) is 12.8 Å². The second-order valence-corrected chi connectivity index (χ2v) is 6.53. The summed E-state index contributed by atoms with van der Waals surface area (Å²) in [5.74, 6) is 2.06. The van der Waals surface area contributed by atoms with Gasteiger partial charge in [-0.3, -0.25) is 9.67 Å². The molecule has 1 aromatic carbocycles. The second kappa shape index (κ2) is 11.8. The molecule has 1 aromatic heterocycles. The number of halogens is 1. The van der Waals surface area contributed by atoms with E-state index in [1.54, 1.807) is 14.2 Å². The quantitative estimate of drug-likeness (QED) is 0.260. The summed E-state index contributed by atoms with van der Waals surface area (Å²) in [5, 5.41) is 11.2. The third-order valence-corrected chi connectivity index (χ3v) is 4.41. The van der Waals surface area contributed by atoms with E-state index in [2.05, 4.69) is 51.4 Å². The monoisotopic (exact) mass is 485 g/mol.